The van der Waals surface area contributed by atoms with Crippen LogP contribution in [-0.2, 0) is 19.1 Å². The summed E-state index contributed by atoms with van der Waals surface area (Å²) >= 11 is 12.0. The van der Waals surface area contributed by atoms with Crippen LogP contribution < -0.4 is 10.2 Å². The van der Waals surface area contributed by atoms with E-state index >= 15 is 0 Å². The third kappa shape index (κ3) is 3.69. The van der Waals surface area contributed by atoms with Gasteiger partial charge in [0, 0.05) is 0 Å². The molecule has 2 aromatic carbocycles. The van der Waals surface area contributed by atoms with Crippen LogP contribution in [0.1, 0.15) is 23.7 Å². The Morgan fingerprint density at radius 3 is 2.50 bits per heavy atom. The summed E-state index contributed by atoms with van der Waals surface area (Å²) < 4.78 is 5.07. The number of carbonyl (C=O) groups is 4. The lowest BCUT2D eigenvalue weighted by Crippen LogP contribution is -2.33. The molecular formula is C25H20Cl2N2O5. The van der Waals surface area contributed by atoms with Crippen LogP contribution >= 0.6 is 23.2 Å². The van der Waals surface area contributed by atoms with Crippen molar-refractivity contribution in [3.8, 4) is 0 Å². The zero-order chi connectivity index (χ0) is 24.1. The Morgan fingerprint density at radius 1 is 1.06 bits per heavy atom. The monoisotopic (exact) mass is 498 g/mol. The van der Waals surface area contributed by atoms with Crippen LogP contribution in [0.2, 0.25) is 10.0 Å². The van der Waals surface area contributed by atoms with Crippen molar-refractivity contribution in [1.82, 2.24) is 0 Å². The molecule has 9 heteroatoms. The number of hydrogen-bond donors (Lipinski definition) is 1. The first kappa shape index (κ1) is 22.6. The number of benzene rings is 2. The quantitative estimate of drug-likeness (QED) is 0.372. The number of allylic oxidation sites excluding steroid dienone is 2. The van der Waals surface area contributed by atoms with Crippen LogP contribution in [0.15, 0.2) is 54.1 Å². The van der Waals surface area contributed by atoms with E-state index in [4.69, 9.17) is 27.9 Å². The molecular weight excluding hydrogens is 479 g/mol. The molecule has 2 bridgehead atoms. The first-order valence-electron chi connectivity index (χ1n) is 10.8. The van der Waals surface area contributed by atoms with Gasteiger partial charge in [0.2, 0.25) is 11.8 Å². The molecule has 174 valence electrons. The highest BCUT2D eigenvalue weighted by Gasteiger charge is 2.60. The lowest BCUT2D eigenvalue weighted by molar-refractivity contribution is -0.123. The van der Waals surface area contributed by atoms with Crippen molar-refractivity contribution in [3.63, 3.8) is 0 Å². The van der Waals surface area contributed by atoms with Gasteiger partial charge in [-0.1, -0.05) is 40.9 Å². The molecule has 5 rings (SSSR count). The van der Waals surface area contributed by atoms with E-state index in [1.807, 2.05) is 6.92 Å². The van der Waals surface area contributed by atoms with E-state index in [0.717, 1.165) is 6.42 Å². The molecule has 0 spiro atoms. The van der Waals surface area contributed by atoms with Crippen molar-refractivity contribution in [2.24, 2.45) is 23.7 Å². The molecule has 7 nitrogen and oxygen atoms in total. The van der Waals surface area contributed by atoms with Crippen LogP contribution in [0.3, 0.4) is 0 Å². The van der Waals surface area contributed by atoms with E-state index in [0.29, 0.717) is 11.4 Å². The number of fused-ring (bicyclic) bond motifs is 5. The van der Waals surface area contributed by atoms with Gasteiger partial charge in [0.15, 0.2) is 6.61 Å². The number of nitrogens with zero attached hydrogens (tertiary/aromatic N) is 1. The molecule has 2 aliphatic carbocycles. The second kappa shape index (κ2) is 8.56. The van der Waals surface area contributed by atoms with Gasteiger partial charge in [0.1, 0.15) is 0 Å². The lowest BCUT2D eigenvalue weighted by atomic mass is 9.82. The van der Waals surface area contributed by atoms with Gasteiger partial charge in [-0.15, -0.1) is 0 Å². The molecule has 2 aromatic rings. The van der Waals surface area contributed by atoms with E-state index in [9.17, 15) is 19.2 Å². The molecule has 3 aliphatic rings. The summed E-state index contributed by atoms with van der Waals surface area (Å²) in [6, 6.07) is 10.8. The Morgan fingerprint density at radius 2 is 1.76 bits per heavy atom. The summed E-state index contributed by atoms with van der Waals surface area (Å²) in [6.45, 7) is 1.50. The number of carbonyl (C=O) groups excluding carboxylic acids is 4. The Balaban J connectivity index is 1.21. The highest BCUT2D eigenvalue weighted by Crippen LogP contribution is 2.55. The zero-order valence-electron chi connectivity index (χ0n) is 18.1. The van der Waals surface area contributed by atoms with Crippen LogP contribution in [0, 0.1) is 23.7 Å². The van der Waals surface area contributed by atoms with E-state index in [1.54, 1.807) is 30.3 Å². The van der Waals surface area contributed by atoms with Crippen molar-refractivity contribution < 1.29 is 23.9 Å². The minimum atomic E-state index is -0.715. The molecule has 1 N–H and O–H groups in total. The van der Waals surface area contributed by atoms with E-state index < -0.39 is 18.5 Å². The van der Waals surface area contributed by atoms with E-state index in [1.165, 1.54) is 22.6 Å². The van der Waals surface area contributed by atoms with Gasteiger partial charge in [-0.3, -0.25) is 19.3 Å². The number of nitrogens with one attached hydrogen (secondary N) is 1. The van der Waals surface area contributed by atoms with Crippen molar-refractivity contribution in [2.45, 2.75) is 13.3 Å². The first-order valence-corrected chi connectivity index (χ1v) is 11.6. The highest BCUT2D eigenvalue weighted by atomic mass is 35.5. The van der Waals surface area contributed by atoms with Gasteiger partial charge >= 0.3 is 5.97 Å². The Bertz CT molecular complexity index is 1260. The number of rotatable bonds is 5. The largest absolute Gasteiger partial charge is 0.452 e. The van der Waals surface area contributed by atoms with Crippen LogP contribution in [0.4, 0.5) is 11.4 Å². The van der Waals surface area contributed by atoms with Gasteiger partial charge in [-0.25, -0.2) is 4.79 Å². The summed E-state index contributed by atoms with van der Waals surface area (Å²) in [5, 5.41) is 3.00. The fourth-order valence-corrected chi connectivity index (χ4v) is 5.62. The van der Waals surface area contributed by atoms with Crippen molar-refractivity contribution in [1.29, 1.82) is 0 Å². The molecule has 1 heterocycles. The molecule has 1 saturated carbocycles. The minimum absolute atomic E-state index is 0.124. The molecule has 2 fully saturated rings. The summed E-state index contributed by atoms with van der Waals surface area (Å²) in [6.07, 6.45) is 2.99. The average Bonchev–Trinajstić information content (AvgIpc) is 3.45. The molecule has 1 saturated heterocycles. The normalized spacial score (nSPS) is 24.8. The minimum Gasteiger partial charge on any atom is -0.452 e. The molecule has 34 heavy (non-hydrogen) atoms. The molecule has 0 unspecified atom stereocenters. The maximum Gasteiger partial charge on any atom is 0.338 e. The zero-order valence-corrected chi connectivity index (χ0v) is 19.6. The highest BCUT2D eigenvalue weighted by molar-refractivity contribution is 6.44. The fourth-order valence-electron chi connectivity index (χ4n) is 5.28. The Labute approximate surface area is 205 Å². The fraction of sp³-hybridized carbons (Fsp3) is 0.280. The second-order valence-corrected chi connectivity index (χ2v) is 9.54. The Hall–Kier alpha value is -3.16. The van der Waals surface area contributed by atoms with Crippen LogP contribution in [-0.4, -0.2) is 30.3 Å². The lowest BCUT2D eigenvalue weighted by Gasteiger charge is -2.19. The SMILES string of the molecule is CC1=C[C@H]2C[C@H]1[C@H]1C(=O)N(c3ccc(C(=O)OCC(=O)Nc4cccc(Cl)c4Cl)cc3)C(=O)[C@@H]12. The predicted octanol–water partition coefficient (Wildman–Crippen LogP) is 4.49. The van der Waals surface area contributed by atoms with Crippen molar-refractivity contribution in [3.05, 3.63) is 69.7 Å². The smallest absolute Gasteiger partial charge is 0.338 e. The molecule has 0 radical (unpaired) electrons. The predicted molar refractivity (Wildman–Crippen MR) is 127 cm³/mol. The maximum atomic E-state index is 13.0. The summed E-state index contributed by atoms with van der Waals surface area (Å²) in [4.78, 5) is 51.8. The van der Waals surface area contributed by atoms with Crippen molar-refractivity contribution in [2.75, 3.05) is 16.8 Å². The topological polar surface area (TPSA) is 92.8 Å². The molecule has 3 amide bonds. The van der Waals surface area contributed by atoms with Gasteiger partial charge in [0.25, 0.3) is 5.91 Å². The number of halogens is 2. The first-order chi connectivity index (χ1) is 16.3. The molecule has 1 aliphatic heterocycles. The van der Waals surface area contributed by atoms with E-state index in [2.05, 4.69) is 11.4 Å². The average molecular weight is 499 g/mol. The van der Waals surface area contributed by atoms with Crippen LogP contribution in [0.5, 0.6) is 0 Å². The third-order valence-corrected chi connectivity index (χ3v) is 7.62. The number of esters is 1. The molecule has 4 atom stereocenters. The molecule has 0 aromatic heterocycles. The van der Waals surface area contributed by atoms with Gasteiger partial charge < -0.3 is 10.1 Å². The van der Waals surface area contributed by atoms with Gasteiger partial charge in [0.05, 0.1) is 38.8 Å². The summed E-state index contributed by atoms with van der Waals surface area (Å²) in [7, 11) is 0. The summed E-state index contributed by atoms with van der Waals surface area (Å²) in [5.74, 6) is -1.98. The number of anilines is 2. The van der Waals surface area contributed by atoms with E-state index in [-0.39, 0.29) is 51.1 Å². The van der Waals surface area contributed by atoms with Gasteiger partial charge in [-0.05, 0) is 61.6 Å². The summed E-state index contributed by atoms with van der Waals surface area (Å²) in [5.41, 5.74) is 2.11. The standard InChI is InChI=1S/C25H20Cl2N2O5/c1-12-9-14-10-16(12)21-20(14)23(31)29(24(21)32)15-7-5-13(6-8-15)25(33)34-11-19(30)28-18-4-2-3-17(26)22(18)27/h2-9,14,16,20-21H,10-11H2,1H3,(H,28,30)/t14-,16+,20+,21+/m0/s1. The Kier molecular flexibility index (Phi) is 5.70. The van der Waals surface area contributed by atoms with Crippen LogP contribution in [0.25, 0.3) is 0 Å². The number of imide groups is 1. The maximum absolute atomic E-state index is 13.0. The number of hydrogen-bond acceptors (Lipinski definition) is 5. The van der Waals surface area contributed by atoms with Crippen molar-refractivity contribution >= 4 is 58.3 Å². The second-order valence-electron chi connectivity index (χ2n) is 8.75. The van der Waals surface area contributed by atoms with Gasteiger partial charge in [-0.2, -0.15) is 0 Å². The number of ether oxygens (including phenoxy) is 1. The number of amides is 3. The third-order valence-electron chi connectivity index (χ3n) is 6.80.